The summed E-state index contributed by atoms with van der Waals surface area (Å²) < 4.78 is 25.3. The van der Waals surface area contributed by atoms with Crippen LogP contribution in [0.2, 0.25) is 0 Å². The minimum Gasteiger partial charge on any atom is -0.506 e. The predicted molar refractivity (Wildman–Crippen MR) is 102 cm³/mol. The standard InChI is InChI=1S/C20H23FN2O3S/c1-25-17-3-2-4-18(20(17)21)26-16-7-13-10-23(11-14(13)8-16)12-27-19-6-5-15(24)9-22-19/h2-6,9,13-14,16,24H,7-8,10-12H2,1H3. The molecule has 2 heterocycles. The molecule has 1 aliphatic heterocycles. The second-order valence-corrected chi connectivity index (χ2v) is 8.13. The van der Waals surface area contributed by atoms with Gasteiger partial charge in [-0.15, -0.1) is 0 Å². The van der Waals surface area contributed by atoms with Crippen LogP contribution in [0.4, 0.5) is 4.39 Å². The molecule has 4 rings (SSSR count). The van der Waals surface area contributed by atoms with Crippen LogP contribution in [0, 0.1) is 17.7 Å². The van der Waals surface area contributed by atoms with E-state index in [-0.39, 0.29) is 23.4 Å². The van der Waals surface area contributed by atoms with Crippen molar-refractivity contribution >= 4 is 11.8 Å². The summed E-state index contributed by atoms with van der Waals surface area (Å²) in [6, 6.07) is 8.52. The van der Waals surface area contributed by atoms with Crippen LogP contribution in [0.15, 0.2) is 41.6 Å². The van der Waals surface area contributed by atoms with Gasteiger partial charge in [0, 0.05) is 13.1 Å². The number of pyridine rings is 1. The zero-order valence-corrected chi connectivity index (χ0v) is 16.0. The molecule has 1 aliphatic carbocycles. The van der Waals surface area contributed by atoms with Gasteiger partial charge in [0.1, 0.15) is 5.75 Å². The first-order valence-corrected chi connectivity index (χ1v) is 10.1. The normalized spacial score (nSPS) is 24.7. The Kier molecular flexibility index (Phi) is 5.41. The number of nitrogens with zero attached hydrogens (tertiary/aromatic N) is 2. The fourth-order valence-electron chi connectivity index (χ4n) is 4.08. The Hall–Kier alpha value is -1.99. The van der Waals surface area contributed by atoms with Crippen LogP contribution in [0.25, 0.3) is 0 Å². The number of rotatable bonds is 6. The number of thioether (sulfide) groups is 1. The first-order chi connectivity index (χ1) is 13.1. The summed E-state index contributed by atoms with van der Waals surface area (Å²) in [6.45, 7) is 2.08. The van der Waals surface area contributed by atoms with Gasteiger partial charge in [-0.2, -0.15) is 4.39 Å². The van der Waals surface area contributed by atoms with Gasteiger partial charge in [-0.25, -0.2) is 4.98 Å². The minimum atomic E-state index is -0.420. The molecule has 2 atom stereocenters. The minimum absolute atomic E-state index is 0.0650. The van der Waals surface area contributed by atoms with Crippen molar-refractivity contribution in [2.45, 2.75) is 24.0 Å². The van der Waals surface area contributed by atoms with Gasteiger partial charge in [-0.3, -0.25) is 4.90 Å². The Morgan fingerprint density at radius 1 is 1.19 bits per heavy atom. The highest BCUT2D eigenvalue weighted by Crippen LogP contribution is 2.41. The molecule has 2 aromatic rings. The van der Waals surface area contributed by atoms with Crippen LogP contribution in [-0.4, -0.2) is 47.2 Å². The summed E-state index contributed by atoms with van der Waals surface area (Å²) in [7, 11) is 1.46. The van der Waals surface area contributed by atoms with Gasteiger partial charge < -0.3 is 14.6 Å². The van der Waals surface area contributed by atoms with Crippen molar-refractivity contribution < 1.29 is 19.0 Å². The summed E-state index contributed by atoms with van der Waals surface area (Å²) in [4.78, 5) is 6.65. The van der Waals surface area contributed by atoms with Crippen molar-refractivity contribution in [1.29, 1.82) is 0 Å². The summed E-state index contributed by atoms with van der Waals surface area (Å²) in [6.07, 6.45) is 3.45. The molecule has 1 saturated carbocycles. The first-order valence-electron chi connectivity index (χ1n) is 9.11. The van der Waals surface area contributed by atoms with E-state index in [0.717, 1.165) is 36.8 Å². The van der Waals surface area contributed by atoms with Crippen molar-refractivity contribution in [3.63, 3.8) is 0 Å². The molecule has 0 spiro atoms. The molecule has 0 amide bonds. The number of benzene rings is 1. The van der Waals surface area contributed by atoms with Gasteiger partial charge in [-0.1, -0.05) is 17.8 Å². The number of hydrogen-bond acceptors (Lipinski definition) is 6. The number of aromatic hydroxyl groups is 1. The molecule has 1 aromatic carbocycles. The average Bonchev–Trinajstić information content (AvgIpc) is 3.21. The van der Waals surface area contributed by atoms with E-state index in [0.29, 0.717) is 11.8 Å². The molecule has 1 saturated heterocycles. The fourth-order valence-corrected chi connectivity index (χ4v) is 4.89. The molecule has 144 valence electrons. The Morgan fingerprint density at radius 3 is 2.59 bits per heavy atom. The molecule has 5 nitrogen and oxygen atoms in total. The van der Waals surface area contributed by atoms with Crippen molar-refractivity contribution in [2.75, 3.05) is 26.1 Å². The van der Waals surface area contributed by atoms with Crippen LogP contribution in [0.1, 0.15) is 12.8 Å². The maximum Gasteiger partial charge on any atom is 0.206 e. The zero-order chi connectivity index (χ0) is 18.8. The lowest BCUT2D eigenvalue weighted by atomic mass is 10.0. The number of halogens is 1. The SMILES string of the molecule is COc1cccc(OC2CC3CN(CSc4ccc(O)cn4)CC3C2)c1F. The van der Waals surface area contributed by atoms with Gasteiger partial charge in [0.05, 0.1) is 30.3 Å². The molecular formula is C20H23FN2O3S. The number of ether oxygens (including phenoxy) is 2. The molecular weight excluding hydrogens is 367 g/mol. The third-order valence-corrected chi connectivity index (χ3v) is 6.37. The van der Waals surface area contributed by atoms with E-state index in [1.54, 1.807) is 36.0 Å². The van der Waals surface area contributed by atoms with E-state index in [1.165, 1.54) is 13.3 Å². The van der Waals surface area contributed by atoms with E-state index in [1.807, 2.05) is 6.07 Å². The van der Waals surface area contributed by atoms with Crippen LogP contribution >= 0.6 is 11.8 Å². The van der Waals surface area contributed by atoms with E-state index in [2.05, 4.69) is 9.88 Å². The topological polar surface area (TPSA) is 54.8 Å². The van der Waals surface area contributed by atoms with Crippen molar-refractivity contribution in [3.8, 4) is 17.2 Å². The van der Waals surface area contributed by atoms with Gasteiger partial charge in [0.25, 0.3) is 0 Å². The molecule has 0 bridgehead atoms. The van der Waals surface area contributed by atoms with E-state index >= 15 is 0 Å². The summed E-state index contributed by atoms with van der Waals surface area (Å²) in [5, 5.41) is 10.2. The van der Waals surface area contributed by atoms with Crippen LogP contribution < -0.4 is 9.47 Å². The molecule has 7 heteroatoms. The van der Waals surface area contributed by atoms with Crippen molar-refractivity contribution in [1.82, 2.24) is 9.88 Å². The summed E-state index contributed by atoms with van der Waals surface area (Å²) >= 11 is 1.68. The van der Waals surface area contributed by atoms with Gasteiger partial charge in [-0.05, 0) is 48.9 Å². The van der Waals surface area contributed by atoms with Gasteiger partial charge in [0.15, 0.2) is 11.5 Å². The highest BCUT2D eigenvalue weighted by molar-refractivity contribution is 7.99. The molecule has 2 aliphatic rings. The zero-order valence-electron chi connectivity index (χ0n) is 15.2. The fraction of sp³-hybridized carbons (Fsp3) is 0.450. The smallest absolute Gasteiger partial charge is 0.206 e. The molecule has 2 fully saturated rings. The van der Waals surface area contributed by atoms with E-state index in [4.69, 9.17) is 9.47 Å². The van der Waals surface area contributed by atoms with Gasteiger partial charge in [0.2, 0.25) is 5.82 Å². The maximum atomic E-state index is 14.3. The Bertz CT molecular complexity index is 775. The third kappa shape index (κ3) is 4.14. The highest BCUT2D eigenvalue weighted by atomic mass is 32.2. The van der Waals surface area contributed by atoms with Gasteiger partial charge >= 0.3 is 0 Å². The number of methoxy groups -OCH3 is 1. The monoisotopic (exact) mass is 390 g/mol. The average molecular weight is 390 g/mol. The Labute approximate surface area is 162 Å². The second-order valence-electron chi connectivity index (χ2n) is 7.17. The lowest BCUT2D eigenvalue weighted by molar-refractivity contribution is 0.180. The molecule has 27 heavy (non-hydrogen) atoms. The number of likely N-dealkylation sites (tertiary alicyclic amines) is 1. The van der Waals surface area contributed by atoms with Crippen LogP contribution in [0.3, 0.4) is 0 Å². The molecule has 1 N–H and O–H groups in total. The molecule has 0 radical (unpaired) electrons. The highest BCUT2D eigenvalue weighted by Gasteiger charge is 2.42. The Morgan fingerprint density at radius 2 is 1.93 bits per heavy atom. The van der Waals surface area contributed by atoms with Crippen LogP contribution in [0.5, 0.6) is 17.2 Å². The lowest BCUT2D eigenvalue weighted by Crippen LogP contribution is -2.24. The second kappa shape index (κ2) is 7.94. The first kappa shape index (κ1) is 18.4. The van der Waals surface area contributed by atoms with Crippen LogP contribution in [-0.2, 0) is 0 Å². The number of aromatic nitrogens is 1. The van der Waals surface area contributed by atoms with Crippen molar-refractivity contribution in [2.24, 2.45) is 11.8 Å². The molecule has 1 aromatic heterocycles. The summed E-state index contributed by atoms with van der Waals surface area (Å²) in [5.41, 5.74) is 0. The largest absolute Gasteiger partial charge is 0.506 e. The predicted octanol–water partition coefficient (Wildman–Crippen LogP) is 3.77. The number of hydrogen-bond donors (Lipinski definition) is 1. The third-order valence-electron chi connectivity index (χ3n) is 5.34. The van der Waals surface area contributed by atoms with E-state index in [9.17, 15) is 9.50 Å². The maximum absolute atomic E-state index is 14.3. The molecule has 2 unspecified atom stereocenters. The number of fused-ring (bicyclic) bond motifs is 1. The van der Waals surface area contributed by atoms with Crippen molar-refractivity contribution in [3.05, 3.63) is 42.3 Å². The Balaban J connectivity index is 1.28. The summed E-state index contributed by atoms with van der Waals surface area (Å²) in [5.74, 6) is 2.35. The lowest BCUT2D eigenvalue weighted by Gasteiger charge is -2.20. The quantitative estimate of drug-likeness (QED) is 0.758. The van der Waals surface area contributed by atoms with E-state index < -0.39 is 5.82 Å².